The Hall–Kier alpha value is 0.394. The summed E-state index contributed by atoms with van der Waals surface area (Å²) >= 11 is 0. The van der Waals surface area contributed by atoms with Gasteiger partial charge in [0.1, 0.15) is 0 Å². The van der Waals surface area contributed by atoms with Crippen molar-refractivity contribution in [2.45, 2.75) is 98.8 Å². The van der Waals surface area contributed by atoms with Gasteiger partial charge >= 0.3 is 37.3 Å². The van der Waals surface area contributed by atoms with Crippen molar-refractivity contribution in [1.29, 1.82) is 0 Å². The van der Waals surface area contributed by atoms with E-state index in [0.717, 1.165) is 17.8 Å². The fourth-order valence-electron chi connectivity index (χ4n) is 3.25. The molecule has 0 unspecified atom stereocenters. The van der Waals surface area contributed by atoms with Crippen LogP contribution in [0, 0.1) is 37.3 Å². The first kappa shape index (κ1) is 38.9. The molecule has 201 valence electrons. The molecule has 0 bridgehead atoms. The Morgan fingerprint density at radius 3 is 1.50 bits per heavy atom. The molecule has 0 atom stereocenters. The van der Waals surface area contributed by atoms with Crippen molar-refractivity contribution < 1.29 is 42.4 Å². The van der Waals surface area contributed by atoms with Gasteiger partial charge in [-0.2, -0.15) is 0 Å². The molecule has 0 amide bonds. The Morgan fingerprint density at radius 1 is 0.824 bits per heavy atom. The number of rotatable bonds is 8. The van der Waals surface area contributed by atoms with Crippen molar-refractivity contribution in [1.82, 2.24) is 4.98 Å². The van der Waals surface area contributed by atoms with Crippen LogP contribution in [0.15, 0.2) is 41.2 Å². The van der Waals surface area contributed by atoms with Crippen LogP contribution in [0.1, 0.15) is 19.5 Å². The number of hydrogen-bond donors (Lipinski definition) is 0. The Balaban J connectivity index is -0.000000443. The van der Waals surface area contributed by atoms with E-state index in [4.69, 9.17) is 9.30 Å². The summed E-state index contributed by atoms with van der Waals surface area (Å²) in [6.07, 6.45) is 4.12. The second-order valence-corrected chi connectivity index (χ2v) is 31.4. The van der Waals surface area contributed by atoms with E-state index in [1.807, 2.05) is 25.1 Å². The van der Waals surface area contributed by atoms with Gasteiger partial charge in [0.25, 0.3) is 0 Å². The molecule has 0 spiro atoms. The van der Waals surface area contributed by atoms with Gasteiger partial charge in [-0.15, -0.1) is 5.76 Å². The molecule has 0 N–H and O–H groups in total. The molecule has 1 aromatic rings. The summed E-state index contributed by atoms with van der Waals surface area (Å²) in [5.74, 6) is 0.0362. The zero-order chi connectivity index (χ0) is 26.5. The molecule has 10 heteroatoms. The molecule has 1 aromatic heterocycles. The first-order valence-electron chi connectivity index (χ1n) is 11.8. The van der Waals surface area contributed by atoms with Crippen LogP contribution >= 0.6 is 0 Å². The number of nitrogens with zero attached hydrogens (tertiary/aromatic N) is 4. The number of aliphatic imine (C=N–C) groups is 1. The van der Waals surface area contributed by atoms with Crippen LogP contribution < -0.4 is 5.11 Å². The standard InChI is InChI=1S/C12H16N2O.2C6H18NSi2.Er/c1-10(9-11(2)15)13-8-6-12-5-3-4-7-14-12;2*1-8(2,3)7-9(4,5)6;/h3-5,7,9,15H,6,8H2,1-2H3;2*1-6H3;/q;2*-1;+3/p-1/b11-9-,13-10?;;;. The Kier molecular flexibility index (Phi) is 20.4. The molecule has 5 nitrogen and oxygen atoms in total. The quantitative estimate of drug-likeness (QED) is 0.162. The molecule has 34 heavy (non-hydrogen) atoms. The van der Waals surface area contributed by atoms with Crippen LogP contribution in [-0.2, 0) is 6.42 Å². The van der Waals surface area contributed by atoms with Crippen molar-refractivity contribution >= 4 is 38.7 Å². The summed E-state index contributed by atoms with van der Waals surface area (Å²) in [5, 5.41) is 10.7. The van der Waals surface area contributed by atoms with E-state index < -0.39 is 32.9 Å². The molecule has 0 aliphatic carbocycles. The summed E-state index contributed by atoms with van der Waals surface area (Å²) in [5.41, 5.74) is 1.80. The summed E-state index contributed by atoms with van der Waals surface area (Å²) < 4.78 is 9.64. The van der Waals surface area contributed by atoms with Crippen LogP contribution in [0.5, 0.6) is 0 Å². The minimum absolute atomic E-state index is 0. The molecule has 0 fully saturated rings. The van der Waals surface area contributed by atoms with Crippen LogP contribution in [0.25, 0.3) is 9.30 Å². The number of allylic oxidation sites excluding steroid dienone is 2. The third kappa shape index (κ3) is 34.6. The Morgan fingerprint density at radius 2 is 1.24 bits per heavy atom. The molecule has 1 radical (unpaired) electrons. The third-order valence-corrected chi connectivity index (χ3v) is 13.9. The van der Waals surface area contributed by atoms with Gasteiger partial charge in [0.05, 0.1) is 0 Å². The normalized spacial score (nSPS) is 13.1. The van der Waals surface area contributed by atoms with Crippen molar-refractivity contribution in [3.63, 3.8) is 0 Å². The number of pyridine rings is 1. The van der Waals surface area contributed by atoms with Crippen molar-refractivity contribution in [3.05, 3.63) is 51.2 Å². The molecule has 0 aliphatic rings. The van der Waals surface area contributed by atoms with Crippen molar-refractivity contribution in [2.75, 3.05) is 6.54 Å². The summed E-state index contributed by atoms with van der Waals surface area (Å²) in [7, 11) is -4.42. The molecule has 1 rings (SSSR count). The van der Waals surface area contributed by atoms with Gasteiger partial charge in [0.2, 0.25) is 0 Å². The topological polar surface area (TPSA) is 76.5 Å². The van der Waals surface area contributed by atoms with Gasteiger partial charge < -0.3 is 14.4 Å². The fraction of sp³-hybridized carbons (Fsp3) is 0.667. The smallest absolute Gasteiger partial charge is 0.876 e. The largest absolute Gasteiger partial charge is 3.00 e. The average molecular weight is 691 g/mol. The first-order chi connectivity index (χ1) is 14.6. The van der Waals surface area contributed by atoms with Crippen LogP contribution in [-0.4, -0.2) is 50.2 Å². The van der Waals surface area contributed by atoms with Gasteiger partial charge in [-0.3, -0.25) is 9.98 Å². The van der Waals surface area contributed by atoms with Crippen molar-refractivity contribution in [3.8, 4) is 0 Å². The minimum atomic E-state index is -1.11. The van der Waals surface area contributed by atoms with Gasteiger partial charge in [-0.05, 0) is 19.1 Å². The maximum atomic E-state index is 10.7. The van der Waals surface area contributed by atoms with Crippen LogP contribution in [0.4, 0.5) is 0 Å². The Labute approximate surface area is 245 Å². The average Bonchev–Trinajstić information content (AvgIpc) is 2.49. The summed E-state index contributed by atoms with van der Waals surface area (Å²) in [6.45, 7) is 31.6. The second-order valence-electron chi connectivity index (χ2n) is 12.3. The van der Waals surface area contributed by atoms with E-state index in [1.165, 1.54) is 6.92 Å². The van der Waals surface area contributed by atoms with E-state index >= 15 is 0 Å². The fourth-order valence-corrected chi connectivity index (χ4v) is 19.3. The molecular formula is C24H51ErN4OSi4. The maximum absolute atomic E-state index is 10.7. The van der Waals surface area contributed by atoms with Gasteiger partial charge in [0, 0.05) is 30.6 Å². The van der Waals surface area contributed by atoms with E-state index in [-0.39, 0.29) is 43.1 Å². The van der Waals surface area contributed by atoms with Crippen LogP contribution in [0.2, 0.25) is 78.6 Å². The molecule has 0 aliphatic heterocycles. The van der Waals surface area contributed by atoms with Gasteiger partial charge in [-0.1, -0.05) is 131 Å². The SMILES string of the molecule is CC(/C=C(/C)[O-])=NCCc1ccccn1.C[Si](C)(C)[N-][Si](C)(C)C.C[Si](C)(C)[N-][Si](C)(C)C.[Er+3]. The van der Waals surface area contributed by atoms with Crippen molar-refractivity contribution in [2.24, 2.45) is 4.99 Å². The Bertz CT molecular complexity index is 664. The van der Waals surface area contributed by atoms with E-state index in [0.29, 0.717) is 6.54 Å². The third-order valence-electron chi connectivity index (χ3n) is 3.21. The zero-order valence-electron chi connectivity index (χ0n) is 24.3. The van der Waals surface area contributed by atoms with Crippen LogP contribution in [0.3, 0.4) is 0 Å². The van der Waals surface area contributed by atoms with Gasteiger partial charge in [-0.25, -0.2) is 0 Å². The zero-order valence-corrected chi connectivity index (χ0v) is 30.1. The molecule has 0 saturated heterocycles. The van der Waals surface area contributed by atoms with Gasteiger partial charge in [0.15, 0.2) is 0 Å². The van der Waals surface area contributed by atoms with E-state index in [2.05, 4.69) is 88.5 Å². The predicted octanol–water partition coefficient (Wildman–Crippen LogP) is 7.41. The maximum Gasteiger partial charge on any atom is 3.00 e. The molecular weight excluding hydrogens is 640 g/mol. The summed E-state index contributed by atoms with van der Waals surface area (Å²) in [6, 6.07) is 5.82. The van der Waals surface area contributed by atoms with E-state index in [9.17, 15) is 5.11 Å². The molecule has 1 heterocycles. The number of aromatic nitrogens is 1. The molecule has 0 aromatic carbocycles. The summed E-state index contributed by atoms with van der Waals surface area (Å²) in [4.78, 5) is 8.45. The molecule has 0 saturated carbocycles. The monoisotopic (exact) mass is 689 g/mol. The first-order valence-corrected chi connectivity index (χ1v) is 25.6. The number of hydrogen-bond acceptors (Lipinski definition) is 3. The minimum Gasteiger partial charge on any atom is -0.876 e. The van der Waals surface area contributed by atoms with E-state index in [1.54, 1.807) is 12.3 Å². The predicted molar refractivity (Wildman–Crippen MR) is 160 cm³/mol. The second kappa shape index (κ2) is 17.8.